The average molecular weight is 261 g/mol. The standard InChI is InChI=1S/C15H19NOS/c1-11(2)13-5-3-4-6-14(13)17-15(9-16)12-7-8-18-10-12/h3-8,10-11,15H,9,16H2,1-2H3. The summed E-state index contributed by atoms with van der Waals surface area (Å²) in [5.41, 5.74) is 8.20. The second kappa shape index (κ2) is 6.03. The zero-order chi connectivity index (χ0) is 13.0. The molecule has 2 N–H and O–H groups in total. The van der Waals surface area contributed by atoms with E-state index < -0.39 is 0 Å². The molecule has 0 saturated heterocycles. The molecule has 2 nitrogen and oxygen atoms in total. The molecule has 3 heteroatoms. The van der Waals surface area contributed by atoms with E-state index in [4.69, 9.17) is 10.5 Å². The first-order chi connectivity index (χ1) is 8.72. The minimum absolute atomic E-state index is 0.0591. The van der Waals surface area contributed by atoms with Crippen molar-refractivity contribution in [3.8, 4) is 5.75 Å². The van der Waals surface area contributed by atoms with Gasteiger partial charge in [-0.05, 0) is 34.4 Å². The summed E-state index contributed by atoms with van der Waals surface area (Å²) in [6.07, 6.45) is -0.0591. The lowest BCUT2D eigenvalue weighted by molar-refractivity contribution is 0.212. The third-order valence-corrected chi connectivity index (χ3v) is 3.64. The highest BCUT2D eigenvalue weighted by molar-refractivity contribution is 7.07. The molecule has 1 unspecified atom stereocenters. The van der Waals surface area contributed by atoms with Crippen LogP contribution in [0.5, 0.6) is 5.75 Å². The predicted octanol–water partition coefficient (Wildman–Crippen LogP) is 3.95. The normalized spacial score (nSPS) is 12.7. The third kappa shape index (κ3) is 2.92. The van der Waals surface area contributed by atoms with E-state index >= 15 is 0 Å². The molecule has 0 spiro atoms. The molecular formula is C15H19NOS. The van der Waals surface area contributed by atoms with Gasteiger partial charge in [0.2, 0.25) is 0 Å². The number of hydrogen-bond acceptors (Lipinski definition) is 3. The van der Waals surface area contributed by atoms with Crippen molar-refractivity contribution in [1.29, 1.82) is 0 Å². The van der Waals surface area contributed by atoms with Gasteiger partial charge in [-0.15, -0.1) is 0 Å². The molecule has 0 saturated carbocycles. The van der Waals surface area contributed by atoms with E-state index in [2.05, 4.69) is 36.7 Å². The molecule has 0 amide bonds. The second-order valence-corrected chi connectivity index (χ2v) is 5.37. The molecule has 0 aliphatic carbocycles. The Morgan fingerprint density at radius 3 is 2.61 bits per heavy atom. The number of hydrogen-bond donors (Lipinski definition) is 1. The van der Waals surface area contributed by atoms with E-state index in [1.54, 1.807) is 11.3 Å². The fraction of sp³-hybridized carbons (Fsp3) is 0.333. The van der Waals surface area contributed by atoms with Gasteiger partial charge in [-0.3, -0.25) is 0 Å². The molecule has 2 aromatic rings. The highest BCUT2D eigenvalue weighted by Crippen LogP contribution is 2.30. The smallest absolute Gasteiger partial charge is 0.137 e. The Labute approximate surface area is 112 Å². The number of para-hydroxylation sites is 1. The molecule has 0 fully saturated rings. The average Bonchev–Trinajstić information content (AvgIpc) is 2.90. The molecule has 0 bridgehead atoms. The van der Waals surface area contributed by atoms with Crippen LogP contribution in [0.4, 0.5) is 0 Å². The van der Waals surface area contributed by atoms with Crippen molar-refractivity contribution < 1.29 is 4.74 Å². The second-order valence-electron chi connectivity index (χ2n) is 4.59. The summed E-state index contributed by atoms with van der Waals surface area (Å²) >= 11 is 1.67. The lowest BCUT2D eigenvalue weighted by atomic mass is 10.0. The highest BCUT2D eigenvalue weighted by Gasteiger charge is 2.15. The minimum atomic E-state index is -0.0591. The van der Waals surface area contributed by atoms with Crippen molar-refractivity contribution in [2.24, 2.45) is 5.73 Å². The van der Waals surface area contributed by atoms with E-state index in [9.17, 15) is 0 Å². The number of nitrogens with two attached hydrogens (primary N) is 1. The summed E-state index contributed by atoms with van der Waals surface area (Å²) < 4.78 is 6.08. The van der Waals surface area contributed by atoms with Gasteiger partial charge in [0, 0.05) is 12.1 Å². The Balaban J connectivity index is 2.22. The van der Waals surface area contributed by atoms with Crippen molar-refractivity contribution in [3.63, 3.8) is 0 Å². The molecule has 0 aliphatic heterocycles. The molecule has 1 atom stereocenters. The van der Waals surface area contributed by atoms with E-state index in [1.807, 2.05) is 18.2 Å². The summed E-state index contributed by atoms with van der Waals surface area (Å²) in [4.78, 5) is 0. The monoisotopic (exact) mass is 261 g/mol. The van der Waals surface area contributed by atoms with Gasteiger partial charge in [-0.25, -0.2) is 0 Å². The van der Waals surface area contributed by atoms with E-state index in [0.29, 0.717) is 12.5 Å². The lowest BCUT2D eigenvalue weighted by Gasteiger charge is -2.20. The van der Waals surface area contributed by atoms with Crippen molar-refractivity contribution in [3.05, 3.63) is 52.2 Å². The van der Waals surface area contributed by atoms with Gasteiger partial charge in [0.1, 0.15) is 11.9 Å². The number of ether oxygens (including phenoxy) is 1. The maximum absolute atomic E-state index is 6.08. The summed E-state index contributed by atoms with van der Waals surface area (Å²) in [5, 5.41) is 4.14. The van der Waals surface area contributed by atoms with Crippen LogP contribution in [0.3, 0.4) is 0 Å². The molecule has 1 aromatic heterocycles. The van der Waals surface area contributed by atoms with E-state index in [-0.39, 0.29) is 6.10 Å². The zero-order valence-corrected chi connectivity index (χ0v) is 11.6. The van der Waals surface area contributed by atoms with Crippen LogP contribution in [0.2, 0.25) is 0 Å². The van der Waals surface area contributed by atoms with Crippen LogP contribution < -0.4 is 10.5 Å². The first-order valence-corrected chi connectivity index (χ1v) is 7.14. The quantitative estimate of drug-likeness (QED) is 0.884. The van der Waals surface area contributed by atoms with E-state index in [1.165, 1.54) is 5.56 Å². The molecule has 0 radical (unpaired) electrons. The van der Waals surface area contributed by atoms with Crippen LogP contribution >= 0.6 is 11.3 Å². The van der Waals surface area contributed by atoms with Gasteiger partial charge in [0.25, 0.3) is 0 Å². The largest absolute Gasteiger partial charge is 0.484 e. The number of benzene rings is 1. The maximum atomic E-state index is 6.08. The van der Waals surface area contributed by atoms with Gasteiger partial charge in [-0.2, -0.15) is 11.3 Å². The Hall–Kier alpha value is -1.32. The molecule has 96 valence electrons. The number of thiophene rings is 1. The van der Waals surface area contributed by atoms with Gasteiger partial charge in [0.15, 0.2) is 0 Å². The first kappa shape index (κ1) is 13.1. The van der Waals surface area contributed by atoms with Gasteiger partial charge < -0.3 is 10.5 Å². The Kier molecular flexibility index (Phi) is 4.39. The SMILES string of the molecule is CC(C)c1ccccc1OC(CN)c1ccsc1. The van der Waals surface area contributed by atoms with Gasteiger partial charge in [0.05, 0.1) is 0 Å². The molecule has 2 rings (SSSR count). The van der Waals surface area contributed by atoms with Crippen LogP contribution in [0.25, 0.3) is 0 Å². The third-order valence-electron chi connectivity index (χ3n) is 2.94. The maximum Gasteiger partial charge on any atom is 0.137 e. The van der Waals surface area contributed by atoms with E-state index in [0.717, 1.165) is 11.3 Å². The summed E-state index contributed by atoms with van der Waals surface area (Å²) in [5.74, 6) is 1.39. The van der Waals surface area contributed by atoms with Crippen LogP contribution in [-0.4, -0.2) is 6.54 Å². The minimum Gasteiger partial charge on any atom is -0.484 e. The Morgan fingerprint density at radius 1 is 1.22 bits per heavy atom. The van der Waals surface area contributed by atoms with Crippen LogP contribution in [-0.2, 0) is 0 Å². The van der Waals surface area contributed by atoms with Crippen LogP contribution in [0.1, 0.15) is 37.0 Å². The Bertz CT molecular complexity index is 479. The van der Waals surface area contributed by atoms with Crippen molar-refractivity contribution in [2.45, 2.75) is 25.9 Å². The molecule has 1 heterocycles. The summed E-state index contributed by atoms with van der Waals surface area (Å²) in [7, 11) is 0. The van der Waals surface area contributed by atoms with Gasteiger partial charge >= 0.3 is 0 Å². The zero-order valence-electron chi connectivity index (χ0n) is 10.8. The summed E-state index contributed by atoms with van der Waals surface area (Å²) in [6, 6.07) is 10.2. The highest BCUT2D eigenvalue weighted by atomic mass is 32.1. The number of rotatable bonds is 5. The molecule has 0 aliphatic rings. The van der Waals surface area contributed by atoms with Crippen molar-refractivity contribution in [2.75, 3.05) is 6.54 Å². The van der Waals surface area contributed by atoms with Crippen molar-refractivity contribution in [1.82, 2.24) is 0 Å². The topological polar surface area (TPSA) is 35.2 Å². The molecule has 18 heavy (non-hydrogen) atoms. The van der Waals surface area contributed by atoms with Crippen LogP contribution in [0, 0.1) is 0 Å². The fourth-order valence-electron chi connectivity index (χ4n) is 1.93. The lowest BCUT2D eigenvalue weighted by Crippen LogP contribution is -2.18. The van der Waals surface area contributed by atoms with Gasteiger partial charge in [-0.1, -0.05) is 32.0 Å². The summed E-state index contributed by atoms with van der Waals surface area (Å²) in [6.45, 7) is 4.83. The predicted molar refractivity (Wildman–Crippen MR) is 77.3 cm³/mol. The van der Waals surface area contributed by atoms with Crippen LogP contribution in [0.15, 0.2) is 41.1 Å². The molecular weight excluding hydrogens is 242 g/mol. The van der Waals surface area contributed by atoms with Crippen molar-refractivity contribution >= 4 is 11.3 Å². The molecule has 1 aromatic carbocycles. The Morgan fingerprint density at radius 2 is 2.00 bits per heavy atom. The fourth-order valence-corrected chi connectivity index (χ4v) is 2.63. The first-order valence-electron chi connectivity index (χ1n) is 6.20.